The van der Waals surface area contributed by atoms with Crippen molar-refractivity contribution >= 4 is 5.91 Å². The highest BCUT2D eigenvalue weighted by Gasteiger charge is 2.20. The number of pyridine rings is 1. The van der Waals surface area contributed by atoms with Gasteiger partial charge in [-0.3, -0.25) is 9.78 Å². The second-order valence-corrected chi connectivity index (χ2v) is 6.29. The van der Waals surface area contributed by atoms with E-state index in [1.807, 2.05) is 19.1 Å². The molecular weight excluding hydrogens is 324 g/mol. The summed E-state index contributed by atoms with van der Waals surface area (Å²) in [6, 6.07) is 9.77. The van der Waals surface area contributed by atoms with Crippen LogP contribution in [0.15, 0.2) is 55.1 Å². The third-order valence-corrected chi connectivity index (χ3v) is 4.31. The standard InChI is InChI=1S/C21H22N4O/c1-4-19-23-12-17(13-24-19)21(26)25-20(16-6-5-9-22-11-16)18-8-7-14(2)10-15(18)3/h5-13,20H,4H2,1-3H3,(H,25,26)/t20-/m0/s1. The summed E-state index contributed by atoms with van der Waals surface area (Å²) in [7, 11) is 0. The van der Waals surface area contributed by atoms with Gasteiger partial charge in [-0.2, -0.15) is 0 Å². The molecule has 0 bridgehead atoms. The predicted molar refractivity (Wildman–Crippen MR) is 101 cm³/mol. The number of aryl methyl sites for hydroxylation is 3. The summed E-state index contributed by atoms with van der Waals surface area (Å²) < 4.78 is 0. The van der Waals surface area contributed by atoms with Crippen LogP contribution < -0.4 is 5.32 Å². The molecule has 2 aromatic heterocycles. The van der Waals surface area contributed by atoms with Gasteiger partial charge in [-0.25, -0.2) is 9.97 Å². The van der Waals surface area contributed by atoms with E-state index < -0.39 is 0 Å². The summed E-state index contributed by atoms with van der Waals surface area (Å²) in [5.41, 5.74) is 4.73. The van der Waals surface area contributed by atoms with Gasteiger partial charge in [-0.1, -0.05) is 36.8 Å². The fourth-order valence-corrected chi connectivity index (χ4v) is 2.91. The van der Waals surface area contributed by atoms with Crippen molar-refractivity contribution in [1.29, 1.82) is 0 Å². The fraction of sp³-hybridized carbons (Fsp3) is 0.238. The van der Waals surface area contributed by atoms with E-state index in [-0.39, 0.29) is 11.9 Å². The van der Waals surface area contributed by atoms with Crippen molar-refractivity contribution in [3.8, 4) is 0 Å². The summed E-state index contributed by atoms with van der Waals surface area (Å²) >= 11 is 0. The van der Waals surface area contributed by atoms with E-state index in [0.29, 0.717) is 5.56 Å². The highest BCUT2D eigenvalue weighted by atomic mass is 16.1. The Kier molecular flexibility index (Phi) is 5.37. The van der Waals surface area contributed by atoms with Gasteiger partial charge >= 0.3 is 0 Å². The zero-order chi connectivity index (χ0) is 18.5. The van der Waals surface area contributed by atoms with E-state index in [1.165, 1.54) is 5.56 Å². The number of hydrogen-bond acceptors (Lipinski definition) is 4. The molecule has 0 spiro atoms. The van der Waals surface area contributed by atoms with Crippen LogP contribution in [0.2, 0.25) is 0 Å². The monoisotopic (exact) mass is 346 g/mol. The number of nitrogens with one attached hydrogen (secondary N) is 1. The molecule has 0 fully saturated rings. The molecule has 1 amide bonds. The Balaban J connectivity index is 1.94. The first kappa shape index (κ1) is 17.7. The van der Waals surface area contributed by atoms with E-state index in [9.17, 15) is 4.79 Å². The van der Waals surface area contributed by atoms with Gasteiger partial charge in [0.15, 0.2) is 0 Å². The molecule has 0 saturated carbocycles. The SMILES string of the molecule is CCc1ncc(C(=O)N[C@@H](c2cccnc2)c2ccc(C)cc2C)cn1. The van der Waals surface area contributed by atoms with Crippen LogP contribution in [-0.4, -0.2) is 20.9 Å². The molecule has 0 radical (unpaired) electrons. The molecule has 1 aromatic carbocycles. The number of amides is 1. The van der Waals surface area contributed by atoms with Crippen molar-refractivity contribution in [2.45, 2.75) is 33.2 Å². The molecule has 26 heavy (non-hydrogen) atoms. The predicted octanol–water partition coefficient (Wildman–Crippen LogP) is 3.57. The van der Waals surface area contributed by atoms with Crippen LogP contribution in [0.1, 0.15) is 51.4 Å². The molecule has 1 atom stereocenters. The van der Waals surface area contributed by atoms with E-state index in [1.54, 1.807) is 24.8 Å². The Bertz CT molecular complexity index is 892. The summed E-state index contributed by atoms with van der Waals surface area (Å²) in [5.74, 6) is 0.515. The van der Waals surface area contributed by atoms with Crippen LogP contribution in [0.3, 0.4) is 0 Å². The molecule has 0 aliphatic heterocycles. The molecule has 0 saturated heterocycles. The van der Waals surface area contributed by atoms with E-state index in [0.717, 1.165) is 28.9 Å². The van der Waals surface area contributed by atoms with Crippen LogP contribution in [0.5, 0.6) is 0 Å². The zero-order valence-electron chi connectivity index (χ0n) is 15.2. The largest absolute Gasteiger partial charge is 0.341 e. The normalized spacial score (nSPS) is 11.8. The number of benzene rings is 1. The smallest absolute Gasteiger partial charge is 0.255 e. The summed E-state index contributed by atoms with van der Waals surface area (Å²) in [5, 5.41) is 3.10. The molecule has 132 valence electrons. The summed E-state index contributed by atoms with van der Waals surface area (Å²) in [6.07, 6.45) is 7.39. The molecule has 5 nitrogen and oxygen atoms in total. The zero-order valence-corrected chi connectivity index (χ0v) is 15.2. The van der Waals surface area contributed by atoms with Crippen molar-refractivity contribution in [3.63, 3.8) is 0 Å². The molecule has 0 unspecified atom stereocenters. The number of nitrogens with zero attached hydrogens (tertiary/aromatic N) is 3. The minimum atomic E-state index is -0.289. The molecular formula is C21H22N4O. The Morgan fingerprint density at radius 1 is 1.12 bits per heavy atom. The Hall–Kier alpha value is -3.08. The maximum absolute atomic E-state index is 12.8. The highest BCUT2D eigenvalue weighted by Crippen LogP contribution is 2.25. The molecule has 3 aromatic rings. The first-order valence-electron chi connectivity index (χ1n) is 8.67. The van der Waals surface area contributed by atoms with Crippen LogP contribution in [0, 0.1) is 13.8 Å². The second kappa shape index (κ2) is 7.87. The topological polar surface area (TPSA) is 67.8 Å². The molecule has 0 aliphatic rings. The van der Waals surface area contributed by atoms with Gasteiger partial charge in [-0.05, 0) is 36.6 Å². The van der Waals surface area contributed by atoms with E-state index in [4.69, 9.17) is 0 Å². The summed E-state index contributed by atoms with van der Waals surface area (Å²) in [4.78, 5) is 25.4. The number of rotatable bonds is 5. The maximum atomic E-state index is 12.8. The Morgan fingerprint density at radius 3 is 2.50 bits per heavy atom. The number of carbonyl (C=O) groups excluding carboxylic acids is 1. The van der Waals surface area contributed by atoms with Crippen LogP contribution in [-0.2, 0) is 6.42 Å². The second-order valence-electron chi connectivity index (χ2n) is 6.29. The van der Waals surface area contributed by atoms with Crippen molar-refractivity contribution in [3.05, 3.63) is 88.8 Å². The lowest BCUT2D eigenvalue weighted by Crippen LogP contribution is -2.30. The number of carbonyl (C=O) groups is 1. The quantitative estimate of drug-likeness (QED) is 0.767. The number of hydrogen-bond donors (Lipinski definition) is 1. The first-order valence-corrected chi connectivity index (χ1v) is 8.67. The minimum Gasteiger partial charge on any atom is -0.341 e. The minimum absolute atomic E-state index is 0.207. The van der Waals surface area contributed by atoms with E-state index in [2.05, 4.69) is 52.3 Å². The number of aromatic nitrogens is 3. The van der Waals surface area contributed by atoms with Crippen LogP contribution >= 0.6 is 0 Å². The van der Waals surface area contributed by atoms with Gasteiger partial charge in [0.05, 0.1) is 11.6 Å². The lowest BCUT2D eigenvalue weighted by atomic mass is 9.94. The van der Waals surface area contributed by atoms with Gasteiger partial charge < -0.3 is 5.32 Å². The third-order valence-electron chi connectivity index (χ3n) is 4.31. The molecule has 2 heterocycles. The van der Waals surface area contributed by atoms with Gasteiger partial charge in [0.25, 0.3) is 5.91 Å². The maximum Gasteiger partial charge on any atom is 0.255 e. The lowest BCUT2D eigenvalue weighted by molar-refractivity contribution is 0.0942. The fourth-order valence-electron chi connectivity index (χ4n) is 2.91. The van der Waals surface area contributed by atoms with Gasteiger partial charge in [0.1, 0.15) is 5.82 Å². The van der Waals surface area contributed by atoms with Crippen molar-refractivity contribution < 1.29 is 4.79 Å². The van der Waals surface area contributed by atoms with Crippen molar-refractivity contribution in [2.24, 2.45) is 0 Å². The highest BCUT2D eigenvalue weighted by molar-refractivity contribution is 5.94. The average molecular weight is 346 g/mol. The van der Waals surface area contributed by atoms with Gasteiger partial charge in [0, 0.05) is 31.2 Å². The lowest BCUT2D eigenvalue weighted by Gasteiger charge is -2.21. The Morgan fingerprint density at radius 2 is 1.88 bits per heavy atom. The van der Waals surface area contributed by atoms with E-state index >= 15 is 0 Å². The molecule has 1 N–H and O–H groups in total. The van der Waals surface area contributed by atoms with Crippen LogP contribution in [0.25, 0.3) is 0 Å². The van der Waals surface area contributed by atoms with Gasteiger partial charge in [0.2, 0.25) is 0 Å². The molecule has 3 rings (SSSR count). The summed E-state index contributed by atoms with van der Waals surface area (Å²) in [6.45, 7) is 6.09. The average Bonchev–Trinajstić information content (AvgIpc) is 2.67. The van der Waals surface area contributed by atoms with Crippen molar-refractivity contribution in [2.75, 3.05) is 0 Å². The Labute approximate surface area is 153 Å². The third kappa shape index (κ3) is 3.94. The van der Waals surface area contributed by atoms with Crippen LogP contribution in [0.4, 0.5) is 0 Å². The van der Waals surface area contributed by atoms with Gasteiger partial charge in [-0.15, -0.1) is 0 Å². The molecule has 0 aliphatic carbocycles. The first-order chi connectivity index (χ1) is 12.6. The van der Waals surface area contributed by atoms with Crippen molar-refractivity contribution in [1.82, 2.24) is 20.3 Å². The molecule has 5 heteroatoms.